The van der Waals surface area contributed by atoms with Crippen LogP contribution in [0.2, 0.25) is 0 Å². The molecule has 3 nitrogen and oxygen atoms in total. The van der Waals surface area contributed by atoms with Crippen LogP contribution in [0.3, 0.4) is 0 Å². The fraction of sp³-hybridized carbons (Fsp3) is 0.364. The Morgan fingerprint density at radius 3 is 2.81 bits per heavy atom. The Kier molecular flexibility index (Phi) is 2.77. The fourth-order valence-electron chi connectivity index (χ4n) is 1.72. The highest BCUT2D eigenvalue weighted by atomic mass is 19.2. The van der Waals surface area contributed by atoms with Gasteiger partial charge in [-0.05, 0) is 18.6 Å². The van der Waals surface area contributed by atoms with Crippen LogP contribution >= 0.6 is 0 Å². The monoisotopic (exact) mass is 226 g/mol. The van der Waals surface area contributed by atoms with Gasteiger partial charge < -0.3 is 4.98 Å². The Labute approximate surface area is 90.7 Å². The quantitative estimate of drug-likeness (QED) is 0.857. The lowest BCUT2D eigenvalue weighted by atomic mass is 10.2. The van der Waals surface area contributed by atoms with E-state index in [9.17, 15) is 13.6 Å². The number of unbranched alkanes of at least 4 members (excludes halogenated alkanes) is 1. The standard InChI is InChI=1S/C11H12F2N2O/c1-2-3-6-15-10-8(14-11(15)16)5-4-7(12)9(10)13/h4-5H,2-3,6H2,1H3,(H,14,16). The summed E-state index contributed by atoms with van der Waals surface area (Å²) in [5, 5.41) is 0. The first kappa shape index (κ1) is 10.9. The summed E-state index contributed by atoms with van der Waals surface area (Å²) in [7, 11) is 0. The number of aromatic amines is 1. The van der Waals surface area contributed by atoms with Crippen molar-refractivity contribution in [2.24, 2.45) is 0 Å². The third-order valence-electron chi connectivity index (χ3n) is 2.56. The molecule has 1 aromatic heterocycles. The molecule has 16 heavy (non-hydrogen) atoms. The van der Waals surface area contributed by atoms with Crippen LogP contribution in [0, 0.1) is 11.6 Å². The van der Waals surface area contributed by atoms with Crippen molar-refractivity contribution in [1.29, 1.82) is 0 Å². The Morgan fingerprint density at radius 2 is 2.12 bits per heavy atom. The van der Waals surface area contributed by atoms with Crippen molar-refractivity contribution in [2.45, 2.75) is 26.3 Å². The van der Waals surface area contributed by atoms with E-state index in [1.807, 2.05) is 6.92 Å². The fourth-order valence-corrected chi connectivity index (χ4v) is 1.72. The number of H-pyrrole nitrogens is 1. The van der Waals surface area contributed by atoms with Gasteiger partial charge in [-0.1, -0.05) is 13.3 Å². The van der Waals surface area contributed by atoms with Gasteiger partial charge in [-0.2, -0.15) is 0 Å². The molecule has 0 atom stereocenters. The van der Waals surface area contributed by atoms with E-state index in [1.165, 1.54) is 10.6 Å². The molecule has 0 fully saturated rings. The van der Waals surface area contributed by atoms with Gasteiger partial charge in [0.2, 0.25) is 0 Å². The molecule has 1 heterocycles. The molecule has 86 valence electrons. The van der Waals surface area contributed by atoms with Gasteiger partial charge in [0.1, 0.15) is 5.52 Å². The largest absolute Gasteiger partial charge is 0.326 e. The minimum atomic E-state index is -0.966. The van der Waals surface area contributed by atoms with E-state index in [4.69, 9.17) is 0 Å². The van der Waals surface area contributed by atoms with Crippen molar-refractivity contribution in [3.63, 3.8) is 0 Å². The number of imidazole rings is 1. The molecule has 0 amide bonds. The van der Waals surface area contributed by atoms with Crippen LogP contribution in [0.25, 0.3) is 11.0 Å². The van der Waals surface area contributed by atoms with Crippen molar-refractivity contribution in [1.82, 2.24) is 9.55 Å². The van der Waals surface area contributed by atoms with Crippen molar-refractivity contribution < 1.29 is 8.78 Å². The van der Waals surface area contributed by atoms with Gasteiger partial charge in [0, 0.05) is 6.54 Å². The molecule has 1 aromatic carbocycles. The summed E-state index contributed by atoms with van der Waals surface area (Å²) in [4.78, 5) is 14.0. The van der Waals surface area contributed by atoms with E-state index < -0.39 is 17.3 Å². The first-order chi connectivity index (χ1) is 7.65. The summed E-state index contributed by atoms with van der Waals surface area (Å²) < 4.78 is 27.8. The second-order valence-corrected chi connectivity index (χ2v) is 3.69. The van der Waals surface area contributed by atoms with E-state index in [0.717, 1.165) is 18.9 Å². The first-order valence-corrected chi connectivity index (χ1v) is 5.21. The van der Waals surface area contributed by atoms with Gasteiger partial charge in [-0.25, -0.2) is 13.6 Å². The van der Waals surface area contributed by atoms with Crippen molar-refractivity contribution in [3.8, 4) is 0 Å². The van der Waals surface area contributed by atoms with Crippen LogP contribution < -0.4 is 5.69 Å². The van der Waals surface area contributed by atoms with Gasteiger partial charge >= 0.3 is 5.69 Å². The van der Waals surface area contributed by atoms with Gasteiger partial charge in [0.15, 0.2) is 11.6 Å². The van der Waals surface area contributed by atoms with Crippen molar-refractivity contribution >= 4 is 11.0 Å². The zero-order chi connectivity index (χ0) is 11.7. The molecule has 0 aliphatic heterocycles. The van der Waals surface area contributed by atoms with Gasteiger partial charge in [0.05, 0.1) is 5.52 Å². The maximum Gasteiger partial charge on any atom is 0.326 e. The Bertz CT molecular complexity index is 571. The number of halogens is 2. The summed E-state index contributed by atoms with van der Waals surface area (Å²) in [5.41, 5.74) is -0.0357. The molecular weight excluding hydrogens is 214 g/mol. The van der Waals surface area contributed by atoms with E-state index in [2.05, 4.69) is 4.98 Å². The molecular formula is C11H12F2N2O. The zero-order valence-corrected chi connectivity index (χ0v) is 8.89. The lowest BCUT2D eigenvalue weighted by Crippen LogP contribution is -2.17. The normalized spacial score (nSPS) is 11.2. The van der Waals surface area contributed by atoms with Crippen LogP contribution in [0.4, 0.5) is 8.78 Å². The van der Waals surface area contributed by atoms with Crippen molar-refractivity contribution in [2.75, 3.05) is 0 Å². The lowest BCUT2D eigenvalue weighted by Gasteiger charge is -2.02. The molecule has 2 aromatic rings. The minimum absolute atomic E-state index is 0.0263. The molecule has 0 bridgehead atoms. The molecule has 0 aliphatic rings. The Balaban J connectivity index is 2.66. The molecule has 0 saturated carbocycles. The highest BCUT2D eigenvalue weighted by Crippen LogP contribution is 2.17. The number of fused-ring (bicyclic) bond motifs is 1. The average Bonchev–Trinajstić information content (AvgIpc) is 2.58. The predicted octanol–water partition coefficient (Wildman–Crippen LogP) is 2.41. The van der Waals surface area contributed by atoms with E-state index >= 15 is 0 Å². The Morgan fingerprint density at radius 1 is 1.38 bits per heavy atom. The SMILES string of the molecule is CCCCn1c(=O)[nH]c2ccc(F)c(F)c21. The summed E-state index contributed by atoms with van der Waals surface area (Å²) in [5.74, 6) is -1.90. The molecule has 0 spiro atoms. The summed E-state index contributed by atoms with van der Waals surface area (Å²) in [6, 6.07) is 2.38. The van der Waals surface area contributed by atoms with Crippen molar-refractivity contribution in [3.05, 3.63) is 34.3 Å². The average molecular weight is 226 g/mol. The highest BCUT2D eigenvalue weighted by Gasteiger charge is 2.14. The number of hydrogen-bond acceptors (Lipinski definition) is 1. The maximum atomic E-state index is 13.5. The smallest absolute Gasteiger partial charge is 0.305 e. The Hall–Kier alpha value is -1.65. The molecule has 0 unspecified atom stereocenters. The number of benzene rings is 1. The number of hydrogen-bond donors (Lipinski definition) is 1. The third kappa shape index (κ3) is 1.62. The number of aryl methyl sites for hydroxylation is 1. The van der Waals surface area contributed by atoms with E-state index in [-0.39, 0.29) is 5.52 Å². The molecule has 1 N–H and O–H groups in total. The second-order valence-electron chi connectivity index (χ2n) is 3.69. The zero-order valence-electron chi connectivity index (χ0n) is 8.89. The highest BCUT2D eigenvalue weighted by molar-refractivity contribution is 5.75. The number of aromatic nitrogens is 2. The molecule has 0 aliphatic carbocycles. The lowest BCUT2D eigenvalue weighted by molar-refractivity contribution is 0.508. The van der Waals surface area contributed by atoms with Crippen LogP contribution in [-0.2, 0) is 6.54 Å². The molecule has 5 heteroatoms. The number of nitrogens with zero attached hydrogens (tertiary/aromatic N) is 1. The third-order valence-corrected chi connectivity index (χ3v) is 2.56. The maximum absolute atomic E-state index is 13.5. The van der Waals surface area contributed by atoms with Crippen LogP contribution in [-0.4, -0.2) is 9.55 Å². The topological polar surface area (TPSA) is 37.8 Å². The van der Waals surface area contributed by atoms with Crippen LogP contribution in [0.5, 0.6) is 0 Å². The van der Waals surface area contributed by atoms with Crippen LogP contribution in [0.15, 0.2) is 16.9 Å². The van der Waals surface area contributed by atoms with E-state index in [1.54, 1.807) is 0 Å². The number of nitrogens with one attached hydrogen (secondary N) is 1. The van der Waals surface area contributed by atoms with Gasteiger partial charge in [0.25, 0.3) is 0 Å². The second kappa shape index (κ2) is 4.08. The summed E-state index contributed by atoms with van der Waals surface area (Å²) in [6.45, 7) is 2.37. The predicted molar refractivity (Wildman–Crippen MR) is 57.4 cm³/mol. The molecule has 0 saturated heterocycles. The molecule has 2 rings (SSSR count). The van der Waals surface area contributed by atoms with Gasteiger partial charge in [-0.3, -0.25) is 4.57 Å². The minimum Gasteiger partial charge on any atom is -0.305 e. The summed E-state index contributed by atoms with van der Waals surface area (Å²) in [6.07, 6.45) is 1.64. The number of rotatable bonds is 3. The van der Waals surface area contributed by atoms with Crippen LogP contribution in [0.1, 0.15) is 19.8 Å². The first-order valence-electron chi connectivity index (χ1n) is 5.21. The summed E-state index contributed by atoms with van der Waals surface area (Å²) >= 11 is 0. The van der Waals surface area contributed by atoms with Gasteiger partial charge in [-0.15, -0.1) is 0 Å². The molecule has 0 radical (unpaired) electrons. The van der Waals surface area contributed by atoms with E-state index in [0.29, 0.717) is 12.1 Å².